The highest BCUT2D eigenvalue weighted by atomic mass is 16.6. The van der Waals surface area contributed by atoms with E-state index in [-0.39, 0.29) is 29.8 Å². The zero-order chi connectivity index (χ0) is 14.7. The molecule has 0 radical (unpaired) electrons. The number of nitrogens with one attached hydrogen (secondary N) is 1. The molecule has 0 aliphatic carbocycles. The minimum Gasteiger partial charge on any atom is -0.394 e. The molecule has 110 valence electrons. The highest BCUT2D eigenvalue weighted by Gasteiger charge is 2.32. The molecule has 1 aromatic heterocycles. The lowest BCUT2D eigenvalue weighted by molar-refractivity contribution is -0.385. The van der Waals surface area contributed by atoms with Gasteiger partial charge in [0.15, 0.2) is 0 Å². The molecular weight excluding hydrogens is 266 g/mol. The Morgan fingerprint density at radius 2 is 2.35 bits per heavy atom. The van der Waals surface area contributed by atoms with Crippen LogP contribution in [0.4, 0.5) is 17.5 Å². The molecule has 0 aromatic carbocycles. The van der Waals surface area contributed by atoms with Crippen molar-refractivity contribution in [2.24, 2.45) is 0 Å². The van der Waals surface area contributed by atoms with Crippen LogP contribution in [-0.4, -0.2) is 59.5 Å². The third-order valence-electron chi connectivity index (χ3n) is 3.16. The Morgan fingerprint density at radius 3 is 2.95 bits per heavy atom. The molecule has 1 aromatic rings. The Kier molecular flexibility index (Phi) is 4.30. The van der Waals surface area contributed by atoms with Gasteiger partial charge in [-0.2, -0.15) is 4.98 Å². The Balaban J connectivity index is 2.51. The maximum atomic E-state index is 11.3. The van der Waals surface area contributed by atoms with Crippen molar-refractivity contribution in [2.75, 3.05) is 43.6 Å². The maximum absolute atomic E-state index is 11.3. The Bertz CT molecular complexity index is 510. The van der Waals surface area contributed by atoms with Crippen LogP contribution in [0.3, 0.4) is 0 Å². The van der Waals surface area contributed by atoms with Gasteiger partial charge >= 0.3 is 5.69 Å². The average Bonchev–Trinajstić information content (AvgIpc) is 2.45. The van der Waals surface area contributed by atoms with E-state index in [1.807, 2.05) is 0 Å². The molecule has 0 bridgehead atoms. The lowest BCUT2D eigenvalue weighted by atomic mass is 10.2. The van der Waals surface area contributed by atoms with Gasteiger partial charge in [0, 0.05) is 13.6 Å². The van der Waals surface area contributed by atoms with Gasteiger partial charge in [0.2, 0.25) is 11.8 Å². The van der Waals surface area contributed by atoms with Crippen molar-refractivity contribution in [1.82, 2.24) is 9.97 Å². The molecule has 2 heterocycles. The van der Waals surface area contributed by atoms with Crippen LogP contribution in [0.15, 0.2) is 0 Å². The van der Waals surface area contributed by atoms with Crippen molar-refractivity contribution in [1.29, 1.82) is 0 Å². The summed E-state index contributed by atoms with van der Waals surface area (Å²) in [7, 11) is 1.65. The Labute approximate surface area is 115 Å². The van der Waals surface area contributed by atoms with E-state index in [1.165, 1.54) is 0 Å². The largest absolute Gasteiger partial charge is 0.394 e. The zero-order valence-electron chi connectivity index (χ0n) is 11.4. The van der Waals surface area contributed by atoms with Crippen LogP contribution in [0.25, 0.3) is 0 Å². The van der Waals surface area contributed by atoms with E-state index >= 15 is 0 Å². The minimum atomic E-state index is -0.492. The monoisotopic (exact) mass is 283 g/mol. The molecule has 2 N–H and O–H groups in total. The summed E-state index contributed by atoms with van der Waals surface area (Å²) in [5, 5.41) is 23.4. The van der Waals surface area contributed by atoms with E-state index in [0.29, 0.717) is 25.7 Å². The topological polar surface area (TPSA) is 114 Å². The molecule has 1 aliphatic rings. The van der Waals surface area contributed by atoms with Gasteiger partial charge in [-0.1, -0.05) is 0 Å². The summed E-state index contributed by atoms with van der Waals surface area (Å²) < 4.78 is 5.28. The molecule has 20 heavy (non-hydrogen) atoms. The van der Waals surface area contributed by atoms with Crippen molar-refractivity contribution in [3.8, 4) is 0 Å². The normalized spacial score (nSPS) is 18.9. The first-order valence-electron chi connectivity index (χ1n) is 6.24. The fraction of sp³-hybridized carbons (Fsp3) is 0.636. The predicted molar refractivity (Wildman–Crippen MR) is 72.0 cm³/mol. The second kappa shape index (κ2) is 5.97. The average molecular weight is 283 g/mol. The van der Waals surface area contributed by atoms with Crippen molar-refractivity contribution >= 4 is 17.5 Å². The number of anilines is 2. The van der Waals surface area contributed by atoms with Gasteiger partial charge in [-0.25, -0.2) is 4.98 Å². The number of hydrogen-bond donors (Lipinski definition) is 2. The number of aryl methyl sites for hydroxylation is 1. The molecule has 1 saturated heterocycles. The molecule has 1 unspecified atom stereocenters. The number of rotatable bonds is 4. The number of morpholine rings is 1. The third kappa shape index (κ3) is 2.63. The first-order chi connectivity index (χ1) is 9.58. The van der Waals surface area contributed by atoms with Crippen LogP contribution in [-0.2, 0) is 4.74 Å². The van der Waals surface area contributed by atoms with Crippen LogP contribution >= 0.6 is 0 Å². The summed E-state index contributed by atoms with van der Waals surface area (Å²) in [6.45, 7) is 2.59. The molecule has 0 saturated carbocycles. The molecule has 9 nitrogen and oxygen atoms in total. The van der Waals surface area contributed by atoms with Crippen molar-refractivity contribution in [3.63, 3.8) is 0 Å². The smallest absolute Gasteiger partial charge is 0.332 e. The predicted octanol–water partition coefficient (Wildman–Crippen LogP) is -0.0676. The van der Waals surface area contributed by atoms with Crippen LogP contribution in [0.5, 0.6) is 0 Å². The van der Waals surface area contributed by atoms with Crippen LogP contribution in [0.2, 0.25) is 0 Å². The Hall–Kier alpha value is -2.00. The number of aromatic nitrogens is 2. The van der Waals surface area contributed by atoms with E-state index in [9.17, 15) is 15.2 Å². The van der Waals surface area contributed by atoms with Crippen molar-refractivity contribution in [3.05, 3.63) is 15.8 Å². The van der Waals surface area contributed by atoms with E-state index in [4.69, 9.17) is 4.74 Å². The fourth-order valence-corrected chi connectivity index (χ4v) is 2.16. The van der Waals surface area contributed by atoms with Gasteiger partial charge in [-0.05, 0) is 6.92 Å². The molecular formula is C11H17N5O4. The number of aliphatic hydroxyl groups is 1. The Morgan fingerprint density at radius 1 is 1.60 bits per heavy atom. The third-order valence-corrected chi connectivity index (χ3v) is 3.16. The molecule has 1 atom stereocenters. The molecule has 1 fully saturated rings. The minimum absolute atomic E-state index is 0.135. The van der Waals surface area contributed by atoms with Gasteiger partial charge in [-0.15, -0.1) is 0 Å². The standard InChI is InChI=1S/C11H17N5O4/c1-7-9(16(18)19)10(14-11(12-2)13-7)15-3-4-20-6-8(15)5-17/h8,17H,3-6H2,1-2H3,(H,12,13,14). The summed E-state index contributed by atoms with van der Waals surface area (Å²) in [4.78, 5) is 20.7. The van der Waals surface area contributed by atoms with Gasteiger partial charge in [0.05, 0.1) is 30.8 Å². The summed E-state index contributed by atoms with van der Waals surface area (Å²) in [5.74, 6) is 0.528. The van der Waals surface area contributed by atoms with E-state index < -0.39 is 4.92 Å². The van der Waals surface area contributed by atoms with Gasteiger partial charge in [-0.3, -0.25) is 10.1 Å². The number of aliphatic hydroxyl groups excluding tert-OH is 1. The van der Waals surface area contributed by atoms with Crippen LogP contribution < -0.4 is 10.2 Å². The number of ether oxygens (including phenoxy) is 1. The van der Waals surface area contributed by atoms with E-state index in [2.05, 4.69) is 15.3 Å². The summed E-state index contributed by atoms with van der Waals surface area (Å²) >= 11 is 0. The second-order valence-electron chi connectivity index (χ2n) is 4.42. The molecule has 0 spiro atoms. The first kappa shape index (κ1) is 14.4. The SMILES string of the molecule is CNc1nc(C)c([N+](=O)[O-])c(N2CCOCC2CO)n1. The maximum Gasteiger partial charge on any atom is 0.332 e. The zero-order valence-corrected chi connectivity index (χ0v) is 11.4. The number of hydrogen-bond acceptors (Lipinski definition) is 8. The summed E-state index contributed by atoms with van der Waals surface area (Å²) in [6.07, 6.45) is 0. The quantitative estimate of drug-likeness (QED) is 0.583. The lowest BCUT2D eigenvalue weighted by Gasteiger charge is -2.35. The molecule has 2 rings (SSSR count). The highest BCUT2D eigenvalue weighted by Crippen LogP contribution is 2.31. The fourth-order valence-electron chi connectivity index (χ4n) is 2.16. The van der Waals surface area contributed by atoms with Gasteiger partial charge in [0.1, 0.15) is 5.69 Å². The van der Waals surface area contributed by atoms with Crippen LogP contribution in [0.1, 0.15) is 5.69 Å². The highest BCUT2D eigenvalue weighted by molar-refractivity contribution is 5.63. The van der Waals surface area contributed by atoms with Gasteiger partial charge in [0.25, 0.3) is 0 Å². The van der Waals surface area contributed by atoms with E-state index in [1.54, 1.807) is 18.9 Å². The lowest BCUT2D eigenvalue weighted by Crippen LogP contribution is -2.48. The molecule has 0 amide bonds. The number of nitrogens with zero attached hydrogens (tertiary/aromatic N) is 4. The molecule has 1 aliphatic heterocycles. The molecule has 9 heteroatoms. The van der Waals surface area contributed by atoms with Crippen molar-refractivity contribution in [2.45, 2.75) is 13.0 Å². The second-order valence-corrected chi connectivity index (χ2v) is 4.42. The van der Waals surface area contributed by atoms with E-state index in [0.717, 1.165) is 0 Å². The first-order valence-corrected chi connectivity index (χ1v) is 6.24. The summed E-state index contributed by atoms with van der Waals surface area (Å²) in [5.41, 5.74) is 0.150. The van der Waals surface area contributed by atoms with Crippen molar-refractivity contribution < 1.29 is 14.8 Å². The van der Waals surface area contributed by atoms with Gasteiger partial charge < -0.3 is 20.1 Å². The summed E-state index contributed by atoms with van der Waals surface area (Å²) in [6, 6.07) is -0.346. The van der Waals surface area contributed by atoms with Crippen LogP contribution in [0, 0.1) is 17.0 Å². The number of nitro groups is 1.